The van der Waals surface area contributed by atoms with Crippen LogP contribution in [0.5, 0.6) is 0 Å². The van der Waals surface area contributed by atoms with Gasteiger partial charge in [0.2, 0.25) is 5.96 Å². The molecule has 1 aliphatic carbocycles. The van der Waals surface area contributed by atoms with Crippen molar-refractivity contribution in [3.8, 4) is 11.1 Å². The molecule has 6 aromatic carbocycles. The van der Waals surface area contributed by atoms with Gasteiger partial charge in [-0.1, -0.05) is 109 Å². The van der Waals surface area contributed by atoms with Crippen molar-refractivity contribution < 1.29 is 0 Å². The van der Waals surface area contributed by atoms with Gasteiger partial charge in [0.15, 0.2) is 0 Å². The molecule has 7 aromatic rings. The lowest BCUT2D eigenvalue weighted by Gasteiger charge is -2.26. The average Bonchev–Trinajstić information content (AvgIpc) is 3.68. The third kappa shape index (κ3) is 3.17. The lowest BCUT2D eigenvalue weighted by molar-refractivity contribution is 0.851. The van der Waals surface area contributed by atoms with Gasteiger partial charge in [-0.05, 0) is 68.4 Å². The SMILES string of the molecule is C1=NC2C(=C1)c1cc3c(c4cccc(c14)-c1ccccc12)c1ccccc1n3C1=NC(c2ccccc2)c2ccccc2N1. The van der Waals surface area contributed by atoms with Gasteiger partial charge in [0.1, 0.15) is 12.1 Å². The van der Waals surface area contributed by atoms with Crippen LogP contribution in [-0.2, 0) is 0 Å². The maximum atomic E-state index is 5.45. The molecule has 3 aliphatic rings. The topological polar surface area (TPSA) is 41.7 Å². The smallest absolute Gasteiger partial charge is 0.208 e. The molecule has 44 heavy (non-hydrogen) atoms. The van der Waals surface area contributed by atoms with Gasteiger partial charge in [0.25, 0.3) is 0 Å². The van der Waals surface area contributed by atoms with Crippen molar-refractivity contribution >= 4 is 56.0 Å². The summed E-state index contributed by atoms with van der Waals surface area (Å²) < 4.78 is 2.34. The van der Waals surface area contributed by atoms with Crippen molar-refractivity contribution in [2.75, 3.05) is 5.32 Å². The molecule has 0 saturated heterocycles. The number of para-hydroxylation sites is 2. The first-order chi connectivity index (χ1) is 21.8. The summed E-state index contributed by atoms with van der Waals surface area (Å²) in [6.45, 7) is 0. The number of hydrogen-bond acceptors (Lipinski definition) is 3. The molecule has 0 spiro atoms. The molecule has 4 heteroatoms. The summed E-state index contributed by atoms with van der Waals surface area (Å²) in [5, 5.41) is 8.75. The quantitative estimate of drug-likeness (QED) is 0.213. The highest BCUT2D eigenvalue weighted by molar-refractivity contribution is 6.28. The monoisotopic (exact) mass is 562 g/mol. The molecule has 4 nitrogen and oxygen atoms in total. The highest BCUT2D eigenvalue weighted by Gasteiger charge is 2.32. The Morgan fingerprint density at radius 2 is 1.32 bits per heavy atom. The van der Waals surface area contributed by atoms with Gasteiger partial charge in [-0.15, -0.1) is 0 Å². The zero-order chi connectivity index (χ0) is 28.8. The van der Waals surface area contributed by atoms with Crippen LogP contribution in [0, 0.1) is 0 Å². The Morgan fingerprint density at radius 3 is 2.25 bits per heavy atom. The Kier molecular flexibility index (Phi) is 4.80. The second-order valence-electron chi connectivity index (χ2n) is 11.8. The first-order valence-electron chi connectivity index (χ1n) is 15.2. The van der Waals surface area contributed by atoms with E-state index < -0.39 is 0 Å². The standard InChI is InChI=1S/C40H26N4/c1-2-11-24(12-3-1)38-29-15-6-8-19-33(29)42-40(43-38)44-34-20-9-7-16-30(34)37-31-18-10-17-26-25-13-4-5-14-27(25)39-28(21-22-41-39)32(36(26)31)23-35(37)44/h1-23,38-39H,(H,42,43). The van der Waals surface area contributed by atoms with Gasteiger partial charge in [0, 0.05) is 28.2 Å². The van der Waals surface area contributed by atoms with Crippen molar-refractivity contribution in [2.24, 2.45) is 9.98 Å². The van der Waals surface area contributed by atoms with Crippen molar-refractivity contribution in [2.45, 2.75) is 12.1 Å². The second-order valence-corrected chi connectivity index (χ2v) is 11.8. The van der Waals surface area contributed by atoms with E-state index in [2.05, 4.69) is 143 Å². The van der Waals surface area contributed by atoms with Gasteiger partial charge in [-0.25, -0.2) is 4.99 Å². The van der Waals surface area contributed by atoms with Crippen LogP contribution in [0.25, 0.3) is 49.3 Å². The number of fused-ring (bicyclic) bond motifs is 10. The van der Waals surface area contributed by atoms with Crippen molar-refractivity contribution in [1.29, 1.82) is 0 Å². The summed E-state index contributed by atoms with van der Waals surface area (Å²) in [5.41, 5.74) is 12.0. The van der Waals surface area contributed by atoms with E-state index in [0.29, 0.717) is 0 Å². The molecule has 1 N–H and O–H groups in total. The molecular weight excluding hydrogens is 536 g/mol. The Labute approximate surface area is 254 Å². The van der Waals surface area contributed by atoms with Gasteiger partial charge in [0.05, 0.1) is 11.0 Å². The summed E-state index contributed by atoms with van der Waals surface area (Å²) in [4.78, 5) is 10.4. The van der Waals surface area contributed by atoms with Crippen LogP contribution in [0.1, 0.15) is 34.3 Å². The van der Waals surface area contributed by atoms with Crippen LogP contribution in [0.2, 0.25) is 0 Å². The van der Waals surface area contributed by atoms with Gasteiger partial charge in [-0.2, -0.15) is 0 Å². The number of aliphatic imine (C=N–C) groups is 2. The number of aromatic nitrogens is 1. The third-order valence-corrected chi connectivity index (χ3v) is 9.52. The minimum Gasteiger partial charge on any atom is -0.325 e. The van der Waals surface area contributed by atoms with Crippen LogP contribution in [0.4, 0.5) is 5.69 Å². The third-order valence-electron chi connectivity index (χ3n) is 9.52. The molecule has 0 radical (unpaired) electrons. The first-order valence-corrected chi connectivity index (χ1v) is 15.2. The van der Waals surface area contributed by atoms with Gasteiger partial charge < -0.3 is 5.32 Å². The zero-order valence-electron chi connectivity index (χ0n) is 23.8. The fourth-order valence-electron chi connectivity index (χ4n) is 7.66. The highest BCUT2D eigenvalue weighted by atomic mass is 15.2. The fourth-order valence-corrected chi connectivity index (χ4v) is 7.66. The average molecular weight is 563 g/mol. The van der Waals surface area contributed by atoms with Crippen LogP contribution in [0.3, 0.4) is 0 Å². The highest BCUT2D eigenvalue weighted by Crippen LogP contribution is 2.51. The number of nitrogens with one attached hydrogen (secondary N) is 1. The van der Waals surface area contributed by atoms with Crippen LogP contribution < -0.4 is 5.32 Å². The number of hydrogen-bond donors (Lipinski definition) is 1. The van der Waals surface area contributed by atoms with Crippen molar-refractivity contribution in [1.82, 2.24) is 4.57 Å². The Bertz CT molecular complexity index is 2430. The van der Waals surface area contributed by atoms with E-state index in [4.69, 9.17) is 9.98 Å². The molecule has 1 aromatic heterocycles. The lowest BCUT2D eigenvalue weighted by atomic mass is 9.91. The summed E-state index contributed by atoms with van der Waals surface area (Å²) in [6.07, 6.45) is 4.18. The molecule has 0 fully saturated rings. The zero-order valence-corrected chi connectivity index (χ0v) is 23.8. The van der Waals surface area contributed by atoms with Gasteiger partial charge in [-0.3, -0.25) is 9.56 Å². The number of rotatable bonds is 1. The summed E-state index contributed by atoms with van der Waals surface area (Å²) in [6, 6.07) is 45.7. The molecule has 10 rings (SSSR count). The lowest BCUT2D eigenvalue weighted by Crippen LogP contribution is -2.27. The van der Waals surface area contributed by atoms with E-state index in [-0.39, 0.29) is 12.1 Å². The van der Waals surface area contributed by atoms with Crippen molar-refractivity contribution in [3.63, 3.8) is 0 Å². The molecule has 2 aliphatic heterocycles. The molecule has 0 saturated carbocycles. The first kappa shape index (κ1) is 23.8. The molecule has 0 amide bonds. The fraction of sp³-hybridized carbons (Fsp3) is 0.0500. The Morgan fingerprint density at radius 1 is 0.568 bits per heavy atom. The van der Waals surface area contributed by atoms with E-state index in [1.165, 1.54) is 60.5 Å². The summed E-state index contributed by atoms with van der Waals surface area (Å²) in [5.74, 6) is 0.830. The largest absolute Gasteiger partial charge is 0.325 e. The minimum absolute atomic E-state index is 0.0171. The molecule has 2 unspecified atom stereocenters. The maximum absolute atomic E-state index is 5.45. The molecular formula is C40H26N4. The van der Waals surface area contributed by atoms with E-state index in [1.54, 1.807) is 0 Å². The molecule has 206 valence electrons. The second kappa shape index (κ2) is 8.88. The minimum atomic E-state index is -0.113. The number of nitrogens with zero attached hydrogens (tertiary/aromatic N) is 3. The van der Waals surface area contributed by atoms with E-state index in [9.17, 15) is 0 Å². The van der Waals surface area contributed by atoms with Crippen LogP contribution in [-0.4, -0.2) is 16.7 Å². The molecule has 2 atom stereocenters. The predicted molar refractivity (Wildman–Crippen MR) is 183 cm³/mol. The summed E-state index contributed by atoms with van der Waals surface area (Å²) >= 11 is 0. The summed E-state index contributed by atoms with van der Waals surface area (Å²) in [7, 11) is 0. The Hall–Kier alpha value is -5.74. The molecule has 0 bridgehead atoms. The van der Waals surface area contributed by atoms with Crippen molar-refractivity contribution in [3.05, 3.63) is 156 Å². The molecule has 3 heterocycles. The number of anilines is 1. The van der Waals surface area contributed by atoms with E-state index in [0.717, 1.165) is 22.7 Å². The predicted octanol–water partition coefficient (Wildman–Crippen LogP) is 9.56. The van der Waals surface area contributed by atoms with Gasteiger partial charge >= 0.3 is 0 Å². The Balaban J connectivity index is 1.33. The number of allylic oxidation sites excluding steroid dienone is 1. The maximum Gasteiger partial charge on any atom is 0.208 e. The van der Waals surface area contributed by atoms with Crippen LogP contribution in [0.15, 0.2) is 143 Å². The number of benzene rings is 6. The van der Waals surface area contributed by atoms with E-state index in [1.807, 2.05) is 6.21 Å². The van der Waals surface area contributed by atoms with E-state index >= 15 is 0 Å². The van der Waals surface area contributed by atoms with Crippen LogP contribution >= 0.6 is 0 Å². The normalized spacial score (nSPS) is 17.9.